The van der Waals surface area contributed by atoms with Gasteiger partial charge in [-0.2, -0.15) is 0 Å². The van der Waals surface area contributed by atoms with Crippen LogP contribution in [0.4, 0.5) is 0 Å². The van der Waals surface area contributed by atoms with E-state index in [-0.39, 0.29) is 23.2 Å². The number of carbonyl (C=O) groups is 1. The Balaban J connectivity index is 1.55. The van der Waals surface area contributed by atoms with E-state index in [9.17, 15) is 4.79 Å². The van der Waals surface area contributed by atoms with Gasteiger partial charge in [-0.1, -0.05) is 46.2 Å². The third kappa shape index (κ3) is 4.56. The zero-order valence-electron chi connectivity index (χ0n) is 20.8. The van der Waals surface area contributed by atoms with Crippen LogP contribution < -0.4 is 9.47 Å². The maximum absolute atomic E-state index is 13.0. The monoisotopic (exact) mass is 440 g/mol. The third-order valence-corrected chi connectivity index (χ3v) is 7.35. The molecule has 1 unspecified atom stereocenters. The molecule has 0 radical (unpaired) electrons. The van der Waals surface area contributed by atoms with Crippen LogP contribution in [0.15, 0.2) is 24.0 Å². The second-order valence-electron chi connectivity index (χ2n) is 11.2. The lowest BCUT2D eigenvalue weighted by molar-refractivity contribution is -0.123. The molecule has 0 saturated heterocycles. The predicted molar refractivity (Wildman–Crippen MR) is 127 cm³/mol. The SMILES string of the molecule is CC(C)OC1=CC(=O)C(CCc2ccc(C(C)C)c3c2OC2(CCCCC2)O3)C(C)(C)C1. The summed E-state index contributed by atoms with van der Waals surface area (Å²) in [5.41, 5.74) is 2.27. The molecule has 1 saturated carbocycles. The van der Waals surface area contributed by atoms with Gasteiger partial charge in [0.1, 0.15) is 5.76 Å². The number of allylic oxidation sites excluding steroid dienone is 2. The van der Waals surface area contributed by atoms with Crippen molar-refractivity contribution in [2.24, 2.45) is 11.3 Å². The van der Waals surface area contributed by atoms with Crippen LogP contribution >= 0.6 is 0 Å². The lowest BCUT2D eigenvalue weighted by Crippen LogP contribution is -2.40. The Labute approximate surface area is 193 Å². The summed E-state index contributed by atoms with van der Waals surface area (Å²) in [4.78, 5) is 13.0. The molecule has 4 nitrogen and oxygen atoms in total. The summed E-state index contributed by atoms with van der Waals surface area (Å²) in [7, 11) is 0. The molecule has 0 amide bonds. The van der Waals surface area contributed by atoms with Gasteiger partial charge in [0, 0.05) is 36.8 Å². The Kier molecular flexibility index (Phi) is 6.35. The maximum atomic E-state index is 13.0. The lowest BCUT2D eigenvalue weighted by Gasteiger charge is -2.37. The van der Waals surface area contributed by atoms with E-state index < -0.39 is 5.79 Å². The van der Waals surface area contributed by atoms with Gasteiger partial charge in [0.15, 0.2) is 17.3 Å². The summed E-state index contributed by atoms with van der Waals surface area (Å²) in [5, 5.41) is 0. The Bertz CT molecular complexity index is 887. The molecule has 1 aliphatic heterocycles. The van der Waals surface area contributed by atoms with Crippen LogP contribution in [0.5, 0.6) is 11.5 Å². The van der Waals surface area contributed by atoms with Crippen molar-refractivity contribution in [1.82, 2.24) is 0 Å². The van der Waals surface area contributed by atoms with Crippen LogP contribution in [0, 0.1) is 11.3 Å². The van der Waals surface area contributed by atoms with Crippen LogP contribution in [0.2, 0.25) is 0 Å². The average molecular weight is 441 g/mol. The summed E-state index contributed by atoms with van der Waals surface area (Å²) in [6.07, 6.45) is 9.71. The van der Waals surface area contributed by atoms with Crippen LogP contribution in [-0.2, 0) is 16.0 Å². The number of benzene rings is 1. The largest absolute Gasteiger partial charge is 0.495 e. The minimum absolute atomic E-state index is 0.0200. The highest BCUT2D eigenvalue weighted by molar-refractivity contribution is 5.93. The summed E-state index contributed by atoms with van der Waals surface area (Å²) in [6.45, 7) is 12.8. The van der Waals surface area contributed by atoms with E-state index in [2.05, 4.69) is 39.8 Å². The molecular weight excluding hydrogens is 400 g/mol. The summed E-state index contributed by atoms with van der Waals surface area (Å²) >= 11 is 0. The second-order valence-corrected chi connectivity index (χ2v) is 11.2. The second kappa shape index (κ2) is 8.76. The van der Waals surface area contributed by atoms with Crippen molar-refractivity contribution in [3.63, 3.8) is 0 Å². The molecule has 4 rings (SSSR count). The molecule has 0 bridgehead atoms. The van der Waals surface area contributed by atoms with Crippen LogP contribution in [0.3, 0.4) is 0 Å². The van der Waals surface area contributed by atoms with Crippen LogP contribution in [0.1, 0.15) is 104 Å². The van der Waals surface area contributed by atoms with Crippen molar-refractivity contribution in [2.45, 2.75) is 111 Å². The first-order valence-electron chi connectivity index (χ1n) is 12.5. The lowest BCUT2D eigenvalue weighted by atomic mass is 9.68. The molecule has 1 fully saturated rings. The summed E-state index contributed by atoms with van der Waals surface area (Å²) in [6, 6.07) is 4.40. The van der Waals surface area contributed by atoms with Gasteiger partial charge in [-0.3, -0.25) is 4.79 Å². The number of ketones is 1. The molecule has 4 heteroatoms. The normalized spacial score (nSPS) is 23.7. The average Bonchev–Trinajstić information content (AvgIpc) is 3.04. The summed E-state index contributed by atoms with van der Waals surface area (Å²) < 4.78 is 19.0. The van der Waals surface area contributed by atoms with Crippen molar-refractivity contribution in [3.8, 4) is 11.5 Å². The van der Waals surface area contributed by atoms with Gasteiger partial charge in [-0.05, 0) is 56.4 Å². The minimum atomic E-state index is -0.480. The molecule has 32 heavy (non-hydrogen) atoms. The number of hydrogen-bond donors (Lipinski definition) is 0. The quantitative estimate of drug-likeness (QED) is 0.473. The molecule has 2 aliphatic carbocycles. The molecule has 1 spiro atoms. The van der Waals surface area contributed by atoms with Crippen molar-refractivity contribution < 1.29 is 19.0 Å². The highest BCUT2D eigenvalue weighted by Crippen LogP contribution is 2.51. The van der Waals surface area contributed by atoms with Crippen molar-refractivity contribution in [1.29, 1.82) is 0 Å². The first-order chi connectivity index (χ1) is 15.1. The predicted octanol–water partition coefficient (Wildman–Crippen LogP) is 7.10. The Hall–Kier alpha value is -1.97. The van der Waals surface area contributed by atoms with Gasteiger partial charge >= 0.3 is 0 Å². The Morgan fingerprint density at radius 1 is 1.03 bits per heavy atom. The molecule has 1 atom stereocenters. The highest BCUT2D eigenvalue weighted by Gasteiger charge is 2.45. The Morgan fingerprint density at radius 2 is 1.72 bits per heavy atom. The molecule has 176 valence electrons. The minimum Gasteiger partial charge on any atom is -0.495 e. The fourth-order valence-corrected chi connectivity index (χ4v) is 5.65. The zero-order chi connectivity index (χ0) is 23.1. The van der Waals surface area contributed by atoms with E-state index in [1.165, 1.54) is 17.5 Å². The van der Waals surface area contributed by atoms with Gasteiger partial charge in [0.05, 0.1) is 6.10 Å². The van der Waals surface area contributed by atoms with Crippen LogP contribution in [0.25, 0.3) is 0 Å². The summed E-state index contributed by atoms with van der Waals surface area (Å²) in [5.74, 6) is 2.76. The van der Waals surface area contributed by atoms with Gasteiger partial charge in [0.25, 0.3) is 5.79 Å². The van der Waals surface area contributed by atoms with E-state index in [1.54, 1.807) is 6.08 Å². The molecular formula is C28H40O4. The van der Waals surface area contributed by atoms with Crippen molar-refractivity contribution in [3.05, 3.63) is 35.1 Å². The van der Waals surface area contributed by atoms with Gasteiger partial charge in [-0.15, -0.1) is 0 Å². The zero-order valence-corrected chi connectivity index (χ0v) is 20.8. The molecule has 3 aliphatic rings. The van der Waals surface area contributed by atoms with E-state index in [0.717, 1.165) is 62.2 Å². The fourth-order valence-electron chi connectivity index (χ4n) is 5.65. The fraction of sp³-hybridized carbons (Fsp3) is 0.679. The van der Waals surface area contributed by atoms with Gasteiger partial charge in [0.2, 0.25) is 0 Å². The molecule has 0 N–H and O–H groups in total. The van der Waals surface area contributed by atoms with E-state index in [0.29, 0.717) is 5.92 Å². The highest BCUT2D eigenvalue weighted by atomic mass is 16.7. The smallest absolute Gasteiger partial charge is 0.251 e. The molecule has 0 aromatic heterocycles. The number of ether oxygens (including phenoxy) is 3. The van der Waals surface area contributed by atoms with E-state index >= 15 is 0 Å². The standard InChI is InChI=1S/C28H40O4/c1-18(2)22-12-10-20(25-26(22)32-28(31-25)14-8-7-9-15-28)11-13-23-24(29)16-21(30-19(3)4)17-27(23,5)6/h10,12,16,18-19,23H,7-9,11,13-15,17H2,1-6H3. The number of carbonyl (C=O) groups excluding carboxylic acids is 1. The maximum Gasteiger partial charge on any atom is 0.251 e. The molecule has 1 aromatic carbocycles. The topological polar surface area (TPSA) is 44.8 Å². The third-order valence-electron chi connectivity index (χ3n) is 7.35. The number of fused-ring (bicyclic) bond motifs is 1. The van der Waals surface area contributed by atoms with Crippen molar-refractivity contribution in [2.75, 3.05) is 0 Å². The molecule has 1 heterocycles. The molecule has 1 aromatic rings. The first-order valence-corrected chi connectivity index (χ1v) is 12.5. The number of rotatable bonds is 6. The van der Waals surface area contributed by atoms with Gasteiger partial charge < -0.3 is 14.2 Å². The van der Waals surface area contributed by atoms with Crippen LogP contribution in [-0.4, -0.2) is 17.7 Å². The number of aryl methyl sites for hydroxylation is 1. The van der Waals surface area contributed by atoms with E-state index in [1.807, 2.05) is 13.8 Å². The Morgan fingerprint density at radius 3 is 2.34 bits per heavy atom. The van der Waals surface area contributed by atoms with Gasteiger partial charge in [-0.25, -0.2) is 0 Å². The first kappa shape index (κ1) is 23.2. The van der Waals surface area contributed by atoms with Crippen molar-refractivity contribution >= 4 is 5.78 Å². The van der Waals surface area contributed by atoms with E-state index in [4.69, 9.17) is 14.2 Å². The number of hydrogen-bond acceptors (Lipinski definition) is 4.